The van der Waals surface area contributed by atoms with Gasteiger partial charge in [-0.05, 0) is 43.3 Å². The van der Waals surface area contributed by atoms with Gasteiger partial charge in [0.1, 0.15) is 10.7 Å². The molecule has 3 aromatic rings. The number of nitrogens with zero attached hydrogens (tertiary/aromatic N) is 1. The monoisotopic (exact) mass is 351 g/mol. The van der Waals surface area contributed by atoms with E-state index >= 15 is 0 Å². The van der Waals surface area contributed by atoms with Crippen LogP contribution in [0.25, 0.3) is 10.6 Å². The van der Waals surface area contributed by atoms with Gasteiger partial charge in [0.15, 0.2) is 0 Å². The van der Waals surface area contributed by atoms with Crippen molar-refractivity contribution in [1.82, 2.24) is 4.98 Å². The number of rotatable bonds is 4. The lowest BCUT2D eigenvalue weighted by atomic mass is 10.2. The molecule has 1 aromatic heterocycles. The van der Waals surface area contributed by atoms with E-state index in [-0.39, 0.29) is 11.8 Å². The second-order valence-corrected chi connectivity index (χ2v) is 6.71. The summed E-state index contributed by atoms with van der Waals surface area (Å²) in [7, 11) is 0. The van der Waals surface area contributed by atoms with Crippen molar-refractivity contribution >= 4 is 34.5 Å². The molecule has 1 heterocycles. The highest BCUT2D eigenvalue weighted by Gasteiger charge is 2.16. The van der Waals surface area contributed by atoms with E-state index in [1.54, 1.807) is 0 Å². The van der Waals surface area contributed by atoms with Crippen LogP contribution < -0.4 is 10.6 Å². The number of carbonyl (C=O) groups is 2. The molecule has 0 aliphatic carbocycles. The Morgan fingerprint density at radius 2 is 1.56 bits per heavy atom. The van der Waals surface area contributed by atoms with Crippen molar-refractivity contribution < 1.29 is 9.59 Å². The summed E-state index contributed by atoms with van der Waals surface area (Å²) in [6, 6.07) is 16.7. The number of benzene rings is 2. The number of aromatic nitrogens is 1. The summed E-state index contributed by atoms with van der Waals surface area (Å²) >= 11 is 1.47. The average Bonchev–Trinajstić information content (AvgIpc) is 2.98. The molecule has 0 atom stereocenters. The Bertz CT molecular complexity index is 902. The molecular formula is C19H17N3O2S. The van der Waals surface area contributed by atoms with Crippen LogP contribution in [0, 0.1) is 6.92 Å². The SMILES string of the molecule is CC(=O)Nc1ccc(-c2nc(C(=O)Nc3ccccc3)c(C)s2)cc1. The molecule has 0 spiro atoms. The number of hydrogen-bond acceptors (Lipinski definition) is 4. The van der Waals surface area contributed by atoms with Gasteiger partial charge in [0.25, 0.3) is 5.91 Å². The van der Waals surface area contributed by atoms with Crippen molar-refractivity contribution in [3.05, 3.63) is 65.2 Å². The number of carbonyl (C=O) groups excluding carboxylic acids is 2. The fraction of sp³-hybridized carbons (Fsp3) is 0.105. The van der Waals surface area contributed by atoms with Gasteiger partial charge in [-0.25, -0.2) is 4.98 Å². The third-order valence-electron chi connectivity index (χ3n) is 3.50. The largest absolute Gasteiger partial charge is 0.326 e. The molecule has 0 radical (unpaired) electrons. The van der Waals surface area contributed by atoms with Crippen LogP contribution in [0.2, 0.25) is 0 Å². The lowest BCUT2D eigenvalue weighted by Crippen LogP contribution is -2.13. The molecule has 2 aromatic carbocycles. The number of amides is 2. The van der Waals surface area contributed by atoms with Crippen LogP contribution in [0.4, 0.5) is 11.4 Å². The Morgan fingerprint density at radius 1 is 0.920 bits per heavy atom. The second kappa shape index (κ2) is 7.27. The van der Waals surface area contributed by atoms with Gasteiger partial charge in [-0.1, -0.05) is 18.2 Å². The first-order chi connectivity index (χ1) is 12.0. The Kier molecular flexibility index (Phi) is 4.90. The van der Waals surface area contributed by atoms with Crippen molar-refractivity contribution in [3.8, 4) is 10.6 Å². The average molecular weight is 351 g/mol. The standard InChI is InChI=1S/C19H17N3O2S/c1-12-17(18(24)21-15-6-4-3-5-7-15)22-19(25-12)14-8-10-16(11-9-14)20-13(2)23/h3-11H,1-2H3,(H,20,23)(H,21,24). The van der Waals surface area contributed by atoms with Crippen LogP contribution in [0.15, 0.2) is 54.6 Å². The highest BCUT2D eigenvalue weighted by atomic mass is 32.1. The minimum absolute atomic E-state index is 0.113. The Balaban J connectivity index is 1.80. The summed E-state index contributed by atoms with van der Waals surface area (Å²) in [4.78, 5) is 28.9. The fourth-order valence-corrected chi connectivity index (χ4v) is 3.26. The Morgan fingerprint density at radius 3 is 2.20 bits per heavy atom. The van der Waals surface area contributed by atoms with Gasteiger partial charge in [0.05, 0.1) is 0 Å². The summed E-state index contributed by atoms with van der Waals surface area (Å²) in [5, 5.41) is 6.35. The zero-order chi connectivity index (χ0) is 17.8. The predicted octanol–water partition coefficient (Wildman–Crippen LogP) is 4.33. The van der Waals surface area contributed by atoms with Gasteiger partial charge in [-0.3, -0.25) is 9.59 Å². The fourth-order valence-electron chi connectivity index (χ4n) is 2.34. The quantitative estimate of drug-likeness (QED) is 0.735. The number of nitrogens with one attached hydrogen (secondary N) is 2. The number of aryl methyl sites for hydroxylation is 1. The van der Waals surface area contributed by atoms with Crippen LogP contribution in [0.5, 0.6) is 0 Å². The molecular weight excluding hydrogens is 334 g/mol. The molecule has 6 heteroatoms. The normalized spacial score (nSPS) is 10.3. The van der Waals surface area contributed by atoms with E-state index in [9.17, 15) is 9.59 Å². The smallest absolute Gasteiger partial charge is 0.275 e. The van der Waals surface area contributed by atoms with Crippen LogP contribution in [0.1, 0.15) is 22.3 Å². The summed E-state index contributed by atoms with van der Waals surface area (Å²) in [5.41, 5.74) is 2.79. The van der Waals surface area contributed by atoms with E-state index in [0.29, 0.717) is 5.69 Å². The molecule has 0 saturated carbocycles. The third-order valence-corrected chi connectivity index (χ3v) is 4.52. The molecule has 0 aliphatic heterocycles. The maximum Gasteiger partial charge on any atom is 0.275 e. The number of anilines is 2. The van der Waals surface area contributed by atoms with Crippen LogP contribution in [-0.4, -0.2) is 16.8 Å². The first kappa shape index (κ1) is 16.9. The summed E-state index contributed by atoms with van der Waals surface area (Å²) in [5.74, 6) is -0.334. The van der Waals surface area contributed by atoms with E-state index < -0.39 is 0 Å². The van der Waals surface area contributed by atoms with Crippen molar-refractivity contribution in [2.75, 3.05) is 10.6 Å². The first-order valence-corrected chi connectivity index (χ1v) is 8.56. The molecule has 3 rings (SSSR count). The maximum atomic E-state index is 12.4. The molecule has 0 unspecified atom stereocenters. The molecule has 0 fully saturated rings. The predicted molar refractivity (Wildman–Crippen MR) is 101 cm³/mol. The van der Waals surface area contributed by atoms with Gasteiger partial charge in [-0.15, -0.1) is 11.3 Å². The molecule has 126 valence electrons. The minimum atomic E-state index is -0.221. The van der Waals surface area contributed by atoms with Gasteiger partial charge >= 0.3 is 0 Å². The third kappa shape index (κ3) is 4.10. The van der Waals surface area contributed by atoms with Gasteiger partial charge in [-0.2, -0.15) is 0 Å². The Labute approximate surface area is 149 Å². The zero-order valence-electron chi connectivity index (χ0n) is 13.9. The first-order valence-electron chi connectivity index (χ1n) is 7.75. The van der Waals surface area contributed by atoms with Crippen molar-refractivity contribution in [2.45, 2.75) is 13.8 Å². The number of thiazole rings is 1. The van der Waals surface area contributed by atoms with Crippen LogP contribution >= 0.6 is 11.3 Å². The highest BCUT2D eigenvalue weighted by molar-refractivity contribution is 7.15. The van der Waals surface area contributed by atoms with Gasteiger partial charge < -0.3 is 10.6 Å². The molecule has 2 N–H and O–H groups in total. The van der Waals surface area contributed by atoms with Crippen molar-refractivity contribution in [2.24, 2.45) is 0 Å². The van der Waals surface area contributed by atoms with Crippen molar-refractivity contribution in [1.29, 1.82) is 0 Å². The molecule has 0 aliphatic rings. The van der Waals surface area contributed by atoms with Crippen LogP contribution in [0.3, 0.4) is 0 Å². The molecule has 0 bridgehead atoms. The molecule has 0 saturated heterocycles. The van der Waals surface area contributed by atoms with Crippen LogP contribution in [-0.2, 0) is 4.79 Å². The lowest BCUT2D eigenvalue weighted by Gasteiger charge is -2.03. The molecule has 2 amide bonds. The summed E-state index contributed by atoms with van der Waals surface area (Å²) < 4.78 is 0. The second-order valence-electron chi connectivity index (χ2n) is 5.50. The Hall–Kier alpha value is -2.99. The van der Waals surface area contributed by atoms with E-state index in [0.717, 1.165) is 26.8 Å². The molecule has 25 heavy (non-hydrogen) atoms. The van der Waals surface area contributed by atoms with Gasteiger partial charge in [0, 0.05) is 28.7 Å². The topological polar surface area (TPSA) is 71.1 Å². The summed E-state index contributed by atoms with van der Waals surface area (Å²) in [6.07, 6.45) is 0. The van der Waals surface area contributed by atoms with E-state index in [1.165, 1.54) is 18.3 Å². The van der Waals surface area contributed by atoms with E-state index in [4.69, 9.17) is 0 Å². The number of hydrogen-bond donors (Lipinski definition) is 2. The highest BCUT2D eigenvalue weighted by Crippen LogP contribution is 2.29. The molecule has 5 nitrogen and oxygen atoms in total. The zero-order valence-corrected chi connectivity index (χ0v) is 14.7. The van der Waals surface area contributed by atoms with E-state index in [1.807, 2.05) is 61.5 Å². The maximum absolute atomic E-state index is 12.4. The number of para-hydroxylation sites is 1. The van der Waals surface area contributed by atoms with E-state index in [2.05, 4.69) is 15.6 Å². The minimum Gasteiger partial charge on any atom is -0.326 e. The van der Waals surface area contributed by atoms with Gasteiger partial charge in [0.2, 0.25) is 5.91 Å². The van der Waals surface area contributed by atoms with Crippen molar-refractivity contribution in [3.63, 3.8) is 0 Å². The summed E-state index contributed by atoms with van der Waals surface area (Å²) in [6.45, 7) is 3.35. The lowest BCUT2D eigenvalue weighted by molar-refractivity contribution is -0.114.